The van der Waals surface area contributed by atoms with E-state index in [0.717, 1.165) is 23.6 Å². The maximum Gasteiger partial charge on any atom is 0.143 e. The van der Waals surface area contributed by atoms with Crippen LogP contribution in [0, 0.1) is 19.7 Å². The van der Waals surface area contributed by atoms with Crippen LogP contribution in [-0.4, -0.2) is 19.5 Å². The highest BCUT2D eigenvalue weighted by Gasteiger charge is 2.20. The summed E-state index contributed by atoms with van der Waals surface area (Å²) in [5.41, 5.74) is 2.55. The number of imidazole rings is 2. The van der Waals surface area contributed by atoms with Crippen molar-refractivity contribution in [1.82, 2.24) is 19.5 Å². The van der Waals surface area contributed by atoms with Gasteiger partial charge in [0, 0.05) is 18.1 Å². The highest BCUT2D eigenvalue weighted by Crippen LogP contribution is 2.28. The van der Waals surface area contributed by atoms with E-state index in [1.165, 1.54) is 6.07 Å². The molecule has 0 saturated carbocycles. The van der Waals surface area contributed by atoms with Crippen molar-refractivity contribution in [2.75, 3.05) is 0 Å². The van der Waals surface area contributed by atoms with Gasteiger partial charge in [-0.05, 0) is 32.4 Å². The molecule has 0 fully saturated rings. The van der Waals surface area contributed by atoms with Crippen molar-refractivity contribution >= 4 is 0 Å². The Hall–Kier alpha value is -2.43. The Morgan fingerprint density at radius 1 is 1.27 bits per heavy atom. The third-order valence-electron chi connectivity index (χ3n) is 3.97. The monoisotopic (exact) mass is 298 g/mol. The number of hydrogen-bond donors (Lipinski definition) is 1. The van der Waals surface area contributed by atoms with Crippen molar-refractivity contribution < 1.29 is 4.39 Å². The number of aromatic amines is 1. The Morgan fingerprint density at radius 2 is 2.05 bits per heavy atom. The van der Waals surface area contributed by atoms with Crippen molar-refractivity contribution in [3.8, 4) is 11.4 Å². The number of nitrogens with one attached hydrogen (secondary N) is 1. The Kier molecular flexibility index (Phi) is 3.79. The standard InChI is InChI=1S/C17H19FN4/c1-4-15(16-20-11(2)12(3)21-16)22-10-9-19-17(22)13-7-5-6-8-14(13)18/h5-10,15H,4H2,1-3H3,(H,20,21). The molecule has 3 aromatic rings. The van der Waals surface area contributed by atoms with Gasteiger partial charge in [-0.1, -0.05) is 19.1 Å². The van der Waals surface area contributed by atoms with Crippen molar-refractivity contribution in [3.63, 3.8) is 0 Å². The predicted octanol–water partition coefficient (Wildman–Crippen LogP) is 4.03. The van der Waals surface area contributed by atoms with Crippen LogP contribution in [0.5, 0.6) is 0 Å². The van der Waals surface area contributed by atoms with Gasteiger partial charge < -0.3 is 9.55 Å². The van der Waals surface area contributed by atoms with Crippen LogP contribution in [0.1, 0.15) is 36.6 Å². The molecule has 5 heteroatoms. The van der Waals surface area contributed by atoms with Crippen LogP contribution in [0.3, 0.4) is 0 Å². The molecule has 0 saturated heterocycles. The van der Waals surface area contributed by atoms with E-state index in [9.17, 15) is 4.39 Å². The quantitative estimate of drug-likeness (QED) is 0.790. The molecule has 3 rings (SSSR count). The SMILES string of the molecule is CCC(c1nc(C)c(C)[nH]1)n1ccnc1-c1ccccc1F. The fourth-order valence-electron chi connectivity index (χ4n) is 2.67. The summed E-state index contributed by atoms with van der Waals surface area (Å²) in [6.45, 7) is 6.07. The first kappa shape index (κ1) is 14.5. The van der Waals surface area contributed by atoms with Gasteiger partial charge in [-0.3, -0.25) is 0 Å². The fraction of sp³-hybridized carbons (Fsp3) is 0.294. The number of rotatable bonds is 4. The maximum atomic E-state index is 14.1. The molecule has 0 aliphatic rings. The van der Waals surface area contributed by atoms with E-state index in [1.807, 2.05) is 30.7 Å². The summed E-state index contributed by atoms with van der Waals surface area (Å²) in [6, 6.07) is 6.71. The molecule has 0 radical (unpaired) electrons. The summed E-state index contributed by atoms with van der Waals surface area (Å²) in [7, 11) is 0. The number of aryl methyl sites for hydroxylation is 2. The molecule has 0 aliphatic heterocycles. The lowest BCUT2D eigenvalue weighted by atomic mass is 10.1. The topological polar surface area (TPSA) is 46.5 Å². The highest BCUT2D eigenvalue weighted by atomic mass is 19.1. The Balaban J connectivity index is 2.08. The molecule has 0 amide bonds. The van der Waals surface area contributed by atoms with Gasteiger partial charge in [-0.25, -0.2) is 14.4 Å². The lowest BCUT2D eigenvalue weighted by Gasteiger charge is -2.17. The van der Waals surface area contributed by atoms with Gasteiger partial charge in [0.15, 0.2) is 0 Å². The van der Waals surface area contributed by atoms with E-state index < -0.39 is 0 Å². The largest absolute Gasteiger partial charge is 0.344 e. The molecule has 2 aromatic heterocycles. The van der Waals surface area contributed by atoms with Crippen LogP contribution in [0.15, 0.2) is 36.7 Å². The smallest absolute Gasteiger partial charge is 0.143 e. The van der Waals surface area contributed by atoms with Gasteiger partial charge in [0.1, 0.15) is 17.5 Å². The second-order valence-electron chi connectivity index (χ2n) is 5.39. The molecule has 4 nitrogen and oxygen atoms in total. The predicted molar refractivity (Wildman–Crippen MR) is 84.1 cm³/mol. The lowest BCUT2D eigenvalue weighted by Crippen LogP contribution is -2.12. The minimum atomic E-state index is -0.267. The molecule has 1 unspecified atom stereocenters. The minimum Gasteiger partial charge on any atom is -0.344 e. The number of aromatic nitrogens is 4. The lowest BCUT2D eigenvalue weighted by molar-refractivity contribution is 0.541. The van der Waals surface area contributed by atoms with Crippen LogP contribution in [0.4, 0.5) is 4.39 Å². The van der Waals surface area contributed by atoms with Crippen LogP contribution < -0.4 is 0 Å². The molecule has 22 heavy (non-hydrogen) atoms. The molecule has 0 spiro atoms. The van der Waals surface area contributed by atoms with Crippen molar-refractivity contribution in [3.05, 3.63) is 59.7 Å². The molecule has 0 bridgehead atoms. The van der Waals surface area contributed by atoms with Crippen molar-refractivity contribution in [2.45, 2.75) is 33.2 Å². The number of hydrogen-bond acceptors (Lipinski definition) is 2. The first-order valence-corrected chi connectivity index (χ1v) is 7.42. The van der Waals surface area contributed by atoms with Gasteiger partial charge in [0.05, 0.1) is 17.3 Å². The molecule has 0 aliphatic carbocycles. The molecule has 1 aromatic carbocycles. The van der Waals surface area contributed by atoms with Gasteiger partial charge >= 0.3 is 0 Å². The number of H-pyrrole nitrogens is 1. The van der Waals surface area contributed by atoms with Gasteiger partial charge in [-0.15, -0.1) is 0 Å². The zero-order chi connectivity index (χ0) is 15.7. The van der Waals surface area contributed by atoms with Crippen LogP contribution in [-0.2, 0) is 0 Å². The van der Waals surface area contributed by atoms with E-state index in [2.05, 4.69) is 21.9 Å². The maximum absolute atomic E-state index is 14.1. The fourth-order valence-corrected chi connectivity index (χ4v) is 2.67. The van der Waals surface area contributed by atoms with Crippen molar-refractivity contribution in [1.29, 1.82) is 0 Å². The summed E-state index contributed by atoms with van der Waals surface area (Å²) in [5, 5.41) is 0. The molecular formula is C17H19FN4. The highest BCUT2D eigenvalue weighted by molar-refractivity contribution is 5.56. The minimum absolute atomic E-state index is 0.00417. The summed E-state index contributed by atoms with van der Waals surface area (Å²) >= 11 is 0. The van der Waals surface area contributed by atoms with Crippen LogP contribution in [0.25, 0.3) is 11.4 Å². The van der Waals surface area contributed by atoms with Gasteiger partial charge in [0.25, 0.3) is 0 Å². The van der Waals surface area contributed by atoms with E-state index in [4.69, 9.17) is 0 Å². The molecule has 114 valence electrons. The van der Waals surface area contributed by atoms with Crippen molar-refractivity contribution in [2.24, 2.45) is 0 Å². The molecule has 1 N–H and O–H groups in total. The zero-order valence-corrected chi connectivity index (χ0v) is 13.0. The first-order chi connectivity index (χ1) is 10.6. The molecule has 2 heterocycles. The van der Waals surface area contributed by atoms with Gasteiger partial charge in [-0.2, -0.15) is 0 Å². The van der Waals surface area contributed by atoms with Gasteiger partial charge in [0.2, 0.25) is 0 Å². The second-order valence-corrected chi connectivity index (χ2v) is 5.39. The summed E-state index contributed by atoms with van der Waals surface area (Å²) in [4.78, 5) is 12.3. The average Bonchev–Trinajstić information content (AvgIpc) is 3.09. The average molecular weight is 298 g/mol. The number of nitrogens with zero attached hydrogens (tertiary/aromatic N) is 3. The zero-order valence-electron chi connectivity index (χ0n) is 13.0. The Bertz CT molecular complexity index is 768. The summed E-state index contributed by atoms with van der Waals surface area (Å²) in [5.74, 6) is 1.24. The Morgan fingerprint density at radius 3 is 2.68 bits per heavy atom. The second kappa shape index (κ2) is 5.75. The number of benzene rings is 1. The summed E-state index contributed by atoms with van der Waals surface area (Å²) < 4.78 is 16.1. The van der Waals surface area contributed by atoms with E-state index in [-0.39, 0.29) is 11.9 Å². The number of halogens is 1. The summed E-state index contributed by atoms with van der Waals surface area (Å²) in [6.07, 6.45) is 4.42. The molecule has 1 atom stereocenters. The van der Waals surface area contributed by atoms with Crippen LogP contribution in [0.2, 0.25) is 0 Å². The third kappa shape index (κ3) is 2.43. The van der Waals surface area contributed by atoms with E-state index >= 15 is 0 Å². The van der Waals surface area contributed by atoms with Crippen LogP contribution >= 0.6 is 0 Å². The molecular weight excluding hydrogens is 279 g/mol. The van der Waals surface area contributed by atoms with E-state index in [0.29, 0.717) is 11.4 Å². The Labute approximate surface area is 129 Å². The normalized spacial score (nSPS) is 12.5. The first-order valence-electron chi connectivity index (χ1n) is 7.42. The third-order valence-corrected chi connectivity index (χ3v) is 3.97. The van der Waals surface area contributed by atoms with E-state index in [1.54, 1.807) is 18.3 Å².